The van der Waals surface area contributed by atoms with E-state index in [2.05, 4.69) is 15.6 Å². The molecular formula is C26H23ClN4O5S. The third kappa shape index (κ3) is 5.87. The predicted octanol–water partition coefficient (Wildman–Crippen LogP) is 5.04. The van der Waals surface area contributed by atoms with Crippen molar-refractivity contribution in [3.8, 4) is 0 Å². The van der Waals surface area contributed by atoms with Crippen LogP contribution in [0.1, 0.15) is 56.5 Å². The lowest BCUT2D eigenvalue weighted by Crippen LogP contribution is -2.25. The molecule has 0 atom stereocenters. The van der Waals surface area contributed by atoms with E-state index in [4.69, 9.17) is 16.3 Å². The van der Waals surface area contributed by atoms with E-state index in [1.54, 1.807) is 43.3 Å². The number of hydrogen-bond donors (Lipinski definition) is 2. The van der Waals surface area contributed by atoms with Gasteiger partial charge in [-0.15, -0.1) is 0 Å². The first-order chi connectivity index (χ1) is 17.8. The number of nitrogens with one attached hydrogen (secondary N) is 2. The van der Waals surface area contributed by atoms with Gasteiger partial charge in [0.15, 0.2) is 4.96 Å². The Kier molecular flexibility index (Phi) is 8.00. The number of esters is 1. The number of hydrogen-bond acceptors (Lipinski definition) is 7. The third-order valence-electron chi connectivity index (χ3n) is 5.26. The van der Waals surface area contributed by atoms with Crippen molar-refractivity contribution in [2.24, 2.45) is 0 Å². The van der Waals surface area contributed by atoms with Crippen LogP contribution in [0.5, 0.6) is 0 Å². The standard InChI is InChI=1S/C26H23ClN4O5S/c1-3-5-19-14-20(32)31-21(23(33)28-18-12-8-16(27)9-13-18)22(37-26(31)30-19)24(34)29-17-10-6-15(7-11-17)25(35)36-4-2/h6-14H,3-5H2,1-2H3,(H,28,33)(H,29,34). The molecule has 0 aliphatic rings. The summed E-state index contributed by atoms with van der Waals surface area (Å²) in [7, 11) is 0. The van der Waals surface area contributed by atoms with E-state index in [0.717, 1.165) is 22.2 Å². The largest absolute Gasteiger partial charge is 0.462 e. The van der Waals surface area contributed by atoms with Crippen molar-refractivity contribution in [2.75, 3.05) is 17.2 Å². The Bertz CT molecular complexity index is 1530. The summed E-state index contributed by atoms with van der Waals surface area (Å²) in [6, 6.07) is 14.0. The summed E-state index contributed by atoms with van der Waals surface area (Å²) in [5.41, 5.74) is 1.17. The zero-order valence-electron chi connectivity index (χ0n) is 20.0. The van der Waals surface area contributed by atoms with E-state index >= 15 is 0 Å². The summed E-state index contributed by atoms with van der Waals surface area (Å²) in [5, 5.41) is 5.93. The van der Waals surface area contributed by atoms with Gasteiger partial charge < -0.3 is 15.4 Å². The summed E-state index contributed by atoms with van der Waals surface area (Å²) < 4.78 is 6.12. The van der Waals surface area contributed by atoms with E-state index in [1.165, 1.54) is 18.2 Å². The van der Waals surface area contributed by atoms with Crippen molar-refractivity contribution in [1.82, 2.24) is 9.38 Å². The smallest absolute Gasteiger partial charge is 0.338 e. The summed E-state index contributed by atoms with van der Waals surface area (Å²) in [4.78, 5) is 56.3. The van der Waals surface area contributed by atoms with E-state index in [0.29, 0.717) is 34.1 Å². The number of thiazole rings is 1. The fraction of sp³-hybridized carbons (Fsp3) is 0.192. The van der Waals surface area contributed by atoms with Gasteiger partial charge >= 0.3 is 5.97 Å². The molecular weight excluding hydrogens is 516 g/mol. The highest BCUT2D eigenvalue weighted by Crippen LogP contribution is 2.25. The second-order valence-electron chi connectivity index (χ2n) is 7.95. The van der Waals surface area contributed by atoms with Crippen molar-refractivity contribution in [1.29, 1.82) is 0 Å². The number of rotatable bonds is 8. The lowest BCUT2D eigenvalue weighted by Gasteiger charge is -2.09. The number of aryl methyl sites for hydroxylation is 1. The number of aromatic nitrogens is 2. The molecule has 2 aromatic heterocycles. The Hall–Kier alpha value is -4.02. The molecule has 37 heavy (non-hydrogen) atoms. The van der Waals surface area contributed by atoms with Crippen LogP contribution in [0.2, 0.25) is 5.02 Å². The average Bonchev–Trinajstić information content (AvgIpc) is 3.27. The first-order valence-electron chi connectivity index (χ1n) is 11.5. The number of halogens is 1. The van der Waals surface area contributed by atoms with Crippen molar-refractivity contribution in [2.45, 2.75) is 26.7 Å². The van der Waals surface area contributed by atoms with Gasteiger partial charge in [-0.1, -0.05) is 36.3 Å². The molecule has 2 aromatic carbocycles. The molecule has 0 aliphatic heterocycles. The van der Waals surface area contributed by atoms with Gasteiger partial charge in [0.05, 0.1) is 12.2 Å². The molecule has 0 unspecified atom stereocenters. The minimum atomic E-state index is -0.650. The summed E-state index contributed by atoms with van der Waals surface area (Å²) in [6.07, 6.45) is 1.37. The second-order valence-corrected chi connectivity index (χ2v) is 9.36. The second kappa shape index (κ2) is 11.4. The van der Waals surface area contributed by atoms with E-state index in [9.17, 15) is 19.2 Å². The molecule has 2 N–H and O–H groups in total. The van der Waals surface area contributed by atoms with Gasteiger partial charge in [-0.25, -0.2) is 14.2 Å². The van der Waals surface area contributed by atoms with Gasteiger partial charge in [-0.2, -0.15) is 0 Å². The topological polar surface area (TPSA) is 119 Å². The molecule has 0 aliphatic carbocycles. The minimum absolute atomic E-state index is 0.0131. The fourth-order valence-electron chi connectivity index (χ4n) is 3.58. The van der Waals surface area contributed by atoms with Crippen LogP contribution in [0.4, 0.5) is 11.4 Å². The Morgan fingerprint density at radius 3 is 2.22 bits per heavy atom. The van der Waals surface area contributed by atoms with Gasteiger partial charge in [-0.05, 0) is 61.9 Å². The van der Waals surface area contributed by atoms with E-state index in [1.807, 2.05) is 6.92 Å². The maximum Gasteiger partial charge on any atom is 0.338 e. The van der Waals surface area contributed by atoms with Crippen LogP contribution in [-0.4, -0.2) is 33.8 Å². The highest BCUT2D eigenvalue weighted by Gasteiger charge is 2.26. The maximum atomic E-state index is 13.3. The van der Waals surface area contributed by atoms with Crippen LogP contribution in [0.15, 0.2) is 59.4 Å². The van der Waals surface area contributed by atoms with Gasteiger partial charge in [-0.3, -0.25) is 14.4 Å². The van der Waals surface area contributed by atoms with Crippen LogP contribution in [0, 0.1) is 0 Å². The van der Waals surface area contributed by atoms with Crippen molar-refractivity contribution in [3.05, 3.63) is 91.8 Å². The average molecular weight is 539 g/mol. The molecule has 0 bridgehead atoms. The van der Waals surface area contributed by atoms with Gasteiger partial charge in [0.25, 0.3) is 17.4 Å². The van der Waals surface area contributed by atoms with Crippen LogP contribution < -0.4 is 16.2 Å². The van der Waals surface area contributed by atoms with Crippen molar-refractivity contribution in [3.63, 3.8) is 0 Å². The molecule has 190 valence electrons. The van der Waals surface area contributed by atoms with Crippen LogP contribution in [-0.2, 0) is 11.2 Å². The molecule has 11 heteroatoms. The Morgan fingerprint density at radius 2 is 1.59 bits per heavy atom. The fourth-order valence-corrected chi connectivity index (χ4v) is 4.75. The van der Waals surface area contributed by atoms with Crippen LogP contribution in [0.25, 0.3) is 4.96 Å². The van der Waals surface area contributed by atoms with Crippen LogP contribution in [0.3, 0.4) is 0 Å². The third-order valence-corrected chi connectivity index (χ3v) is 6.55. The number of nitrogens with zero attached hydrogens (tertiary/aromatic N) is 2. The number of fused-ring (bicyclic) bond motifs is 1. The Labute approximate surface area is 221 Å². The SMILES string of the molecule is CCCc1cc(=O)n2c(C(=O)Nc3ccc(Cl)cc3)c(C(=O)Nc3ccc(C(=O)OCC)cc3)sc2n1. The number of carbonyl (C=O) groups excluding carboxylic acids is 3. The lowest BCUT2D eigenvalue weighted by atomic mass is 10.2. The molecule has 4 aromatic rings. The van der Waals surface area contributed by atoms with Crippen molar-refractivity contribution >= 4 is 57.1 Å². The lowest BCUT2D eigenvalue weighted by molar-refractivity contribution is 0.0526. The number of amides is 2. The molecule has 9 nitrogen and oxygen atoms in total. The number of anilines is 2. The molecule has 0 radical (unpaired) electrons. The summed E-state index contributed by atoms with van der Waals surface area (Å²) >= 11 is 6.88. The molecule has 0 spiro atoms. The first-order valence-corrected chi connectivity index (χ1v) is 12.7. The summed E-state index contributed by atoms with van der Waals surface area (Å²) in [6.45, 7) is 3.93. The summed E-state index contributed by atoms with van der Waals surface area (Å²) in [5.74, 6) is -1.72. The van der Waals surface area contributed by atoms with Gasteiger partial charge in [0, 0.05) is 28.2 Å². The van der Waals surface area contributed by atoms with Crippen LogP contribution >= 0.6 is 22.9 Å². The molecule has 4 rings (SSSR count). The van der Waals surface area contributed by atoms with Gasteiger partial charge in [0.2, 0.25) is 0 Å². The van der Waals surface area contributed by atoms with E-state index < -0.39 is 23.3 Å². The van der Waals surface area contributed by atoms with Gasteiger partial charge in [0.1, 0.15) is 10.6 Å². The predicted molar refractivity (Wildman–Crippen MR) is 143 cm³/mol. The minimum Gasteiger partial charge on any atom is -0.462 e. The molecule has 0 fully saturated rings. The Morgan fingerprint density at radius 1 is 0.973 bits per heavy atom. The highest BCUT2D eigenvalue weighted by molar-refractivity contribution is 7.19. The number of benzene rings is 2. The highest BCUT2D eigenvalue weighted by atomic mass is 35.5. The number of carbonyl (C=O) groups is 3. The quantitative estimate of drug-likeness (QED) is 0.303. The molecule has 2 amide bonds. The molecule has 2 heterocycles. The Balaban J connectivity index is 1.71. The zero-order chi connectivity index (χ0) is 26.5. The van der Waals surface area contributed by atoms with Crippen molar-refractivity contribution < 1.29 is 19.1 Å². The van der Waals surface area contributed by atoms with E-state index in [-0.39, 0.29) is 22.1 Å². The first kappa shape index (κ1) is 26.1. The maximum absolute atomic E-state index is 13.3. The normalized spacial score (nSPS) is 10.8. The zero-order valence-corrected chi connectivity index (χ0v) is 21.6. The molecule has 0 saturated heterocycles. The molecule has 0 saturated carbocycles. The number of ether oxygens (including phenoxy) is 1. The monoisotopic (exact) mass is 538 g/mol.